The Morgan fingerprint density at radius 1 is 1.30 bits per heavy atom. The van der Waals surface area contributed by atoms with E-state index in [4.69, 9.17) is 0 Å². The molecule has 0 bridgehead atoms. The van der Waals surface area contributed by atoms with Gasteiger partial charge in [0, 0.05) is 22.9 Å². The fraction of sp³-hybridized carbons (Fsp3) is 0.357. The van der Waals surface area contributed by atoms with E-state index in [-0.39, 0.29) is 6.03 Å². The van der Waals surface area contributed by atoms with Crippen LogP contribution in [0.5, 0.6) is 0 Å². The molecule has 2 heterocycles. The molecule has 104 valence electrons. The van der Waals surface area contributed by atoms with E-state index in [2.05, 4.69) is 36.5 Å². The van der Waals surface area contributed by atoms with Gasteiger partial charge in [-0.25, -0.2) is 4.79 Å². The molecule has 1 aliphatic rings. The standard InChI is InChI=1S/C14H15BrN4O/c15-9-7-12-13(17-8-9)11(5-6-16-12)19-14(20)18-10-3-1-2-4-10/h5-8,10H,1-4H2,(H2,16,18,19,20). The number of amides is 2. The topological polar surface area (TPSA) is 66.9 Å². The maximum absolute atomic E-state index is 12.0. The molecule has 0 aliphatic heterocycles. The zero-order valence-corrected chi connectivity index (χ0v) is 12.5. The van der Waals surface area contributed by atoms with E-state index in [1.54, 1.807) is 18.5 Å². The van der Waals surface area contributed by atoms with Gasteiger partial charge in [-0.1, -0.05) is 12.8 Å². The van der Waals surface area contributed by atoms with Crippen LogP contribution >= 0.6 is 15.9 Å². The Labute approximate surface area is 125 Å². The lowest BCUT2D eigenvalue weighted by molar-refractivity contribution is 0.248. The van der Waals surface area contributed by atoms with Crippen LogP contribution in [0.25, 0.3) is 11.0 Å². The van der Waals surface area contributed by atoms with Gasteiger partial charge in [-0.3, -0.25) is 9.97 Å². The molecular formula is C14H15BrN4O. The minimum Gasteiger partial charge on any atom is -0.335 e. The van der Waals surface area contributed by atoms with E-state index in [0.717, 1.165) is 22.8 Å². The number of aromatic nitrogens is 2. The van der Waals surface area contributed by atoms with Crippen molar-refractivity contribution in [2.24, 2.45) is 0 Å². The summed E-state index contributed by atoms with van der Waals surface area (Å²) in [5.41, 5.74) is 2.12. The Bertz CT molecular complexity index is 640. The molecule has 0 aromatic carbocycles. The summed E-state index contributed by atoms with van der Waals surface area (Å²) in [7, 11) is 0. The number of carbonyl (C=O) groups excluding carboxylic acids is 1. The van der Waals surface area contributed by atoms with Crippen LogP contribution in [0.3, 0.4) is 0 Å². The van der Waals surface area contributed by atoms with Gasteiger partial charge >= 0.3 is 6.03 Å². The van der Waals surface area contributed by atoms with Gasteiger partial charge in [-0.2, -0.15) is 0 Å². The lowest BCUT2D eigenvalue weighted by Crippen LogP contribution is -2.36. The van der Waals surface area contributed by atoms with Crippen LogP contribution in [-0.4, -0.2) is 22.0 Å². The molecule has 0 unspecified atom stereocenters. The molecule has 0 radical (unpaired) electrons. The molecule has 5 nitrogen and oxygen atoms in total. The number of hydrogen-bond acceptors (Lipinski definition) is 3. The van der Waals surface area contributed by atoms with Crippen molar-refractivity contribution in [2.75, 3.05) is 5.32 Å². The summed E-state index contributed by atoms with van der Waals surface area (Å²) in [6.07, 6.45) is 7.88. The molecule has 1 fully saturated rings. The number of nitrogens with one attached hydrogen (secondary N) is 2. The molecule has 2 aromatic rings. The summed E-state index contributed by atoms with van der Waals surface area (Å²) in [5.74, 6) is 0. The number of hydrogen-bond donors (Lipinski definition) is 2. The number of halogens is 1. The van der Waals surface area contributed by atoms with Crippen LogP contribution in [0.2, 0.25) is 0 Å². The second-order valence-corrected chi connectivity index (χ2v) is 5.88. The van der Waals surface area contributed by atoms with Gasteiger partial charge in [-0.05, 0) is 40.9 Å². The normalized spacial score (nSPS) is 15.4. The van der Waals surface area contributed by atoms with E-state index < -0.39 is 0 Å². The maximum atomic E-state index is 12.0. The van der Waals surface area contributed by atoms with Gasteiger partial charge in [0.05, 0.1) is 11.2 Å². The Hall–Kier alpha value is -1.69. The van der Waals surface area contributed by atoms with Crippen LogP contribution in [0.4, 0.5) is 10.5 Å². The number of pyridine rings is 2. The molecule has 6 heteroatoms. The molecule has 2 aromatic heterocycles. The van der Waals surface area contributed by atoms with Gasteiger partial charge in [0.2, 0.25) is 0 Å². The van der Waals surface area contributed by atoms with Crippen molar-refractivity contribution >= 4 is 38.7 Å². The summed E-state index contributed by atoms with van der Waals surface area (Å²) in [6.45, 7) is 0. The van der Waals surface area contributed by atoms with Crippen molar-refractivity contribution in [3.8, 4) is 0 Å². The Balaban J connectivity index is 1.78. The van der Waals surface area contributed by atoms with Gasteiger partial charge < -0.3 is 10.6 Å². The maximum Gasteiger partial charge on any atom is 0.319 e. The largest absolute Gasteiger partial charge is 0.335 e. The molecule has 0 saturated heterocycles. The van der Waals surface area contributed by atoms with Crippen LogP contribution in [0, 0.1) is 0 Å². The first kappa shape index (κ1) is 13.3. The van der Waals surface area contributed by atoms with Crippen LogP contribution < -0.4 is 10.6 Å². The van der Waals surface area contributed by atoms with Crippen molar-refractivity contribution in [3.63, 3.8) is 0 Å². The SMILES string of the molecule is O=C(Nc1ccnc2cc(Br)cnc12)NC1CCCC1. The minimum atomic E-state index is -0.172. The molecule has 3 rings (SSSR count). The predicted octanol–water partition coefficient (Wildman–Crippen LogP) is 3.46. The predicted molar refractivity (Wildman–Crippen MR) is 81.6 cm³/mol. The molecule has 1 aliphatic carbocycles. The van der Waals surface area contributed by atoms with E-state index in [1.807, 2.05) is 6.07 Å². The number of nitrogens with zero attached hydrogens (tertiary/aromatic N) is 2. The lowest BCUT2D eigenvalue weighted by atomic mass is 10.2. The summed E-state index contributed by atoms with van der Waals surface area (Å²) in [5, 5.41) is 5.86. The smallest absolute Gasteiger partial charge is 0.319 e. The van der Waals surface area contributed by atoms with E-state index >= 15 is 0 Å². The van der Waals surface area contributed by atoms with Crippen LogP contribution in [0.15, 0.2) is 29.0 Å². The van der Waals surface area contributed by atoms with Crippen molar-refractivity contribution in [3.05, 3.63) is 29.0 Å². The highest BCUT2D eigenvalue weighted by molar-refractivity contribution is 9.10. The van der Waals surface area contributed by atoms with Gasteiger partial charge in [0.1, 0.15) is 5.52 Å². The molecular weight excluding hydrogens is 320 g/mol. The minimum absolute atomic E-state index is 0.172. The molecule has 1 saturated carbocycles. The van der Waals surface area contributed by atoms with Gasteiger partial charge in [-0.15, -0.1) is 0 Å². The highest BCUT2D eigenvalue weighted by Gasteiger charge is 2.17. The first-order valence-corrected chi connectivity index (χ1v) is 7.49. The van der Waals surface area contributed by atoms with E-state index in [0.29, 0.717) is 17.2 Å². The second-order valence-electron chi connectivity index (χ2n) is 4.96. The Morgan fingerprint density at radius 3 is 2.90 bits per heavy atom. The molecule has 0 spiro atoms. The number of carbonyl (C=O) groups is 1. The first-order valence-electron chi connectivity index (χ1n) is 6.70. The molecule has 20 heavy (non-hydrogen) atoms. The zero-order valence-electron chi connectivity index (χ0n) is 10.9. The quantitative estimate of drug-likeness (QED) is 0.883. The number of anilines is 1. The summed E-state index contributed by atoms with van der Waals surface area (Å²) < 4.78 is 0.866. The van der Waals surface area contributed by atoms with Crippen molar-refractivity contribution in [2.45, 2.75) is 31.7 Å². The molecule has 2 amide bonds. The lowest BCUT2D eigenvalue weighted by Gasteiger charge is -2.13. The Morgan fingerprint density at radius 2 is 2.10 bits per heavy atom. The fourth-order valence-corrected chi connectivity index (χ4v) is 2.84. The summed E-state index contributed by atoms with van der Waals surface area (Å²) in [4.78, 5) is 20.6. The van der Waals surface area contributed by atoms with Gasteiger partial charge in [0.25, 0.3) is 0 Å². The number of rotatable bonds is 2. The average molecular weight is 335 g/mol. The van der Waals surface area contributed by atoms with Crippen molar-refractivity contribution < 1.29 is 4.79 Å². The highest BCUT2D eigenvalue weighted by atomic mass is 79.9. The van der Waals surface area contributed by atoms with Crippen molar-refractivity contribution in [1.82, 2.24) is 15.3 Å². The monoisotopic (exact) mass is 334 g/mol. The Kier molecular flexibility index (Phi) is 3.82. The number of fused-ring (bicyclic) bond motifs is 1. The van der Waals surface area contributed by atoms with E-state index in [1.165, 1.54) is 12.8 Å². The molecule has 0 atom stereocenters. The summed E-state index contributed by atoms with van der Waals surface area (Å²) >= 11 is 3.36. The first-order chi connectivity index (χ1) is 9.72. The fourth-order valence-electron chi connectivity index (χ4n) is 2.52. The summed E-state index contributed by atoms with van der Waals surface area (Å²) in [6, 6.07) is 3.76. The third-order valence-electron chi connectivity index (χ3n) is 3.48. The highest BCUT2D eigenvalue weighted by Crippen LogP contribution is 2.22. The molecule has 2 N–H and O–H groups in total. The van der Waals surface area contributed by atoms with E-state index in [9.17, 15) is 4.79 Å². The number of urea groups is 1. The van der Waals surface area contributed by atoms with Crippen LogP contribution in [-0.2, 0) is 0 Å². The van der Waals surface area contributed by atoms with Crippen molar-refractivity contribution in [1.29, 1.82) is 0 Å². The third-order valence-corrected chi connectivity index (χ3v) is 3.92. The second kappa shape index (κ2) is 5.75. The van der Waals surface area contributed by atoms with Gasteiger partial charge in [0.15, 0.2) is 0 Å². The average Bonchev–Trinajstić information content (AvgIpc) is 2.91. The van der Waals surface area contributed by atoms with Crippen LogP contribution in [0.1, 0.15) is 25.7 Å². The third kappa shape index (κ3) is 2.90. The zero-order chi connectivity index (χ0) is 13.9.